The largest absolute Gasteiger partial charge is 0.493 e. The minimum absolute atomic E-state index is 0.516. The Labute approximate surface area is 222 Å². The Balaban J connectivity index is 1.67. The smallest absolute Gasteiger partial charge is 0.337 e. The molecule has 3 aromatic carbocycles. The van der Waals surface area contributed by atoms with Crippen molar-refractivity contribution in [3.63, 3.8) is 0 Å². The van der Waals surface area contributed by atoms with E-state index < -0.39 is 17.7 Å². The minimum Gasteiger partial charge on any atom is -0.493 e. The van der Waals surface area contributed by atoms with Crippen LogP contribution in [0, 0.1) is 24.7 Å². The van der Waals surface area contributed by atoms with Gasteiger partial charge in [0.15, 0.2) is 6.10 Å². The molecule has 1 atom stereocenters. The number of fused-ring (bicyclic) bond motifs is 1. The number of rotatable bonds is 4. The molecule has 0 spiro atoms. The molecule has 0 amide bonds. The van der Waals surface area contributed by atoms with E-state index in [1.807, 2.05) is 58.2 Å². The number of aliphatic carboxylic acids is 1. The SMILES string of the molecule is Cc1cc2cc(C#CC3CC3)ccc2c(-c2ccc3c4c(ccnc24)CCO3)c1[C@@H](OC(C)(C)C)C(=O)O. The molecule has 1 saturated carbocycles. The quantitative estimate of drug-likeness (QED) is 0.303. The zero-order chi connectivity index (χ0) is 26.6. The van der Waals surface area contributed by atoms with Crippen molar-refractivity contribution < 1.29 is 19.4 Å². The number of aryl methyl sites for hydroxylation is 1. The van der Waals surface area contributed by atoms with Gasteiger partial charge in [-0.3, -0.25) is 4.98 Å². The van der Waals surface area contributed by atoms with Gasteiger partial charge in [0.05, 0.1) is 17.7 Å². The second-order valence-electron chi connectivity index (χ2n) is 11.3. The van der Waals surface area contributed by atoms with Crippen molar-refractivity contribution in [2.75, 3.05) is 6.61 Å². The van der Waals surface area contributed by atoms with E-state index in [0.717, 1.165) is 56.1 Å². The van der Waals surface area contributed by atoms with Crippen LogP contribution in [-0.2, 0) is 16.0 Å². The first-order valence-electron chi connectivity index (χ1n) is 13.2. The average molecular weight is 506 g/mol. The summed E-state index contributed by atoms with van der Waals surface area (Å²) in [7, 11) is 0. The van der Waals surface area contributed by atoms with E-state index in [0.29, 0.717) is 18.1 Å². The molecular formula is C33H31NO4. The molecule has 6 rings (SSSR count). The summed E-state index contributed by atoms with van der Waals surface area (Å²) in [5.41, 5.74) is 5.52. The maximum atomic E-state index is 12.7. The van der Waals surface area contributed by atoms with Crippen molar-refractivity contribution in [1.82, 2.24) is 4.98 Å². The monoisotopic (exact) mass is 505 g/mol. The van der Waals surface area contributed by atoms with E-state index >= 15 is 0 Å². The predicted molar refractivity (Wildman–Crippen MR) is 149 cm³/mol. The Hall–Kier alpha value is -3.88. The van der Waals surface area contributed by atoms with Gasteiger partial charge < -0.3 is 14.6 Å². The molecule has 0 saturated heterocycles. The topological polar surface area (TPSA) is 68.7 Å². The molecule has 1 aliphatic heterocycles. The van der Waals surface area contributed by atoms with Crippen LogP contribution < -0.4 is 4.74 Å². The van der Waals surface area contributed by atoms with E-state index in [-0.39, 0.29) is 0 Å². The van der Waals surface area contributed by atoms with Crippen LogP contribution in [0.3, 0.4) is 0 Å². The zero-order valence-corrected chi connectivity index (χ0v) is 22.2. The van der Waals surface area contributed by atoms with Gasteiger partial charge in [0.25, 0.3) is 0 Å². The number of hydrogen-bond acceptors (Lipinski definition) is 4. The molecule has 0 unspecified atom stereocenters. The van der Waals surface area contributed by atoms with Gasteiger partial charge in [0, 0.05) is 40.6 Å². The molecule has 1 fully saturated rings. The first-order valence-corrected chi connectivity index (χ1v) is 13.2. The molecule has 0 radical (unpaired) electrons. The van der Waals surface area contributed by atoms with Crippen molar-refractivity contribution in [3.8, 4) is 28.7 Å². The molecule has 1 aliphatic carbocycles. The predicted octanol–water partition coefficient (Wildman–Crippen LogP) is 7.00. The van der Waals surface area contributed by atoms with Gasteiger partial charge >= 0.3 is 5.97 Å². The van der Waals surface area contributed by atoms with Crippen molar-refractivity contribution >= 4 is 27.6 Å². The Morgan fingerprint density at radius 3 is 2.71 bits per heavy atom. The molecule has 2 aliphatic rings. The highest BCUT2D eigenvalue weighted by Crippen LogP contribution is 2.45. The first-order chi connectivity index (χ1) is 18.2. The van der Waals surface area contributed by atoms with E-state index in [1.54, 1.807) is 0 Å². The van der Waals surface area contributed by atoms with Crippen LogP contribution in [0.5, 0.6) is 5.75 Å². The highest BCUT2D eigenvalue weighted by Gasteiger charge is 2.32. The molecule has 0 bridgehead atoms. The summed E-state index contributed by atoms with van der Waals surface area (Å²) in [4.78, 5) is 17.5. The van der Waals surface area contributed by atoms with Gasteiger partial charge in [0.2, 0.25) is 0 Å². The number of hydrogen-bond donors (Lipinski definition) is 1. The standard InChI is InChI=1S/C33H31NO4/c1-19-17-23-18-21(8-7-20-5-6-20)9-10-24(23)29(27(19)31(32(35)36)38-33(2,3)4)25-11-12-26-28-22(14-16-37-26)13-15-34-30(25)28/h9-13,15,17-18,20,31H,5-6,14,16H2,1-4H3,(H,35,36)/t31-/m1/s1. The van der Waals surface area contributed by atoms with Crippen molar-refractivity contribution in [1.29, 1.82) is 0 Å². The lowest BCUT2D eigenvalue weighted by Gasteiger charge is -2.29. The average Bonchev–Trinajstić information content (AvgIpc) is 3.70. The van der Waals surface area contributed by atoms with Crippen LogP contribution in [0.2, 0.25) is 0 Å². The highest BCUT2D eigenvalue weighted by atomic mass is 16.5. The third kappa shape index (κ3) is 4.50. The molecule has 5 nitrogen and oxygen atoms in total. The molecule has 4 aromatic rings. The number of carboxylic acids is 1. The molecule has 1 N–H and O–H groups in total. The third-order valence-electron chi connectivity index (χ3n) is 7.18. The lowest BCUT2D eigenvalue weighted by atomic mass is 9.85. The number of nitrogens with zero attached hydrogens (tertiary/aromatic N) is 1. The molecule has 5 heteroatoms. The van der Waals surface area contributed by atoms with Crippen LogP contribution >= 0.6 is 0 Å². The normalized spacial score (nSPS) is 15.6. The first kappa shape index (κ1) is 24.5. The van der Waals surface area contributed by atoms with E-state index in [1.165, 1.54) is 18.4 Å². The Bertz CT molecular complexity index is 1650. The fourth-order valence-corrected chi connectivity index (χ4v) is 5.37. The van der Waals surface area contributed by atoms with Crippen molar-refractivity contribution in [2.45, 2.75) is 58.7 Å². The summed E-state index contributed by atoms with van der Waals surface area (Å²) >= 11 is 0. The lowest BCUT2D eigenvalue weighted by Crippen LogP contribution is -2.28. The van der Waals surface area contributed by atoms with Crippen LogP contribution in [0.15, 0.2) is 48.7 Å². The number of aromatic nitrogens is 1. The maximum Gasteiger partial charge on any atom is 0.337 e. The van der Waals surface area contributed by atoms with Gasteiger partial charge in [0.1, 0.15) is 5.75 Å². The number of carboxylic acid groups (broad SMARTS) is 1. The second kappa shape index (κ2) is 9.15. The molecule has 192 valence electrons. The van der Waals surface area contributed by atoms with Crippen LogP contribution in [0.4, 0.5) is 0 Å². The molecule has 38 heavy (non-hydrogen) atoms. The second-order valence-corrected chi connectivity index (χ2v) is 11.3. The van der Waals surface area contributed by atoms with Crippen LogP contribution in [-0.4, -0.2) is 28.3 Å². The third-order valence-corrected chi connectivity index (χ3v) is 7.18. The number of pyridine rings is 1. The Morgan fingerprint density at radius 2 is 1.97 bits per heavy atom. The fraction of sp³-hybridized carbons (Fsp3) is 0.333. The number of carbonyl (C=O) groups is 1. The van der Waals surface area contributed by atoms with Gasteiger partial charge in [-0.05, 0) is 98.3 Å². The summed E-state index contributed by atoms with van der Waals surface area (Å²) in [6.45, 7) is 8.24. The molecular weight excluding hydrogens is 474 g/mol. The van der Waals surface area contributed by atoms with Crippen LogP contribution in [0.1, 0.15) is 62.0 Å². The fourth-order valence-electron chi connectivity index (χ4n) is 5.37. The summed E-state index contributed by atoms with van der Waals surface area (Å²) in [5, 5.41) is 13.4. The number of ether oxygens (including phenoxy) is 2. The summed E-state index contributed by atoms with van der Waals surface area (Å²) in [6.07, 6.45) is 3.86. The van der Waals surface area contributed by atoms with E-state index in [4.69, 9.17) is 14.5 Å². The Kier molecular flexibility index (Phi) is 5.89. The van der Waals surface area contributed by atoms with Crippen LogP contribution in [0.25, 0.3) is 32.8 Å². The Morgan fingerprint density at radius 1 is 1.16 bits per heavy atom. The molecule has 1 aromatic heterocycles. The summed E-state index contributed by atoms with van der Waals surface area (Å²) in [5.74, 6) is 6.98. The van der Waals surface area contributed by atoms with E-state index in [9.17, 15) is 9.90 Å². The van der Waals surface area contributed by atoms with Crippen molar-refractivity contribution in [3.05, 3.63) is 70.9 Å². The number of benzene rings is 3. The maximum absolute atomic E-state index is 12.7. The lowest BCUT2D eigenvalue weighted by molar-refractivity contribution is -0.160. The van der Waals surface area contributed by atoms with E-state index in [2.05, 4.69) is 30.0 Å². The van der Waals surface area contributed by atoms with Gasteiger partial charge in [-0.2, -0.15) is 0 Å². The highest BCUT2D eigenvalue weighted by molar-refractivity contribution is 6.09. The molecule has 2 heterocycles. The van der Waals surface area contributed by atoms with Crippen molar-refractivity contribution in [2.24, 2.45) is 5.92 Å². The minimum atomic E-state index is -1.15. The zero-order valence-electron chi connectivity index (χ0n) is 22.2. The van der Waals surface area contributed by atoms with Gasteiger partial charge in [-0.25, -0.2) is 4.79 Å². The summed E-state index contributed by atoms with van der Waals surface area (Å²) in [6, 6.07) is 14.3. The van der Waals surface area contributed by atoms with Gasteiger partial charge in [-0.1, -0.05) is 24.0 Å². The summed E-state index contributed by atoms with van der Waals surface area (Å²) < 4.78 is 12.2. The van der Waals surface area contributed by atoms with Gasteiger partial charge in [-0.15, -0.1) is 0 Å².